The third-order valence-corrected chi connectivity index (χ3v) is 6.82. The van der Waals surface area contributed by atoms with E-state index in [2.05, 4.69) is 11.9 Å². The standard InChI is InChI=1S/C24H23N3O3S2/c1-4-31-18-10-8-16(9-11-18)23(28)27(15-17-7-5-6-14-25-17)24-26-21-19(29-2)12-13-20(30-3)22(21)32-24/h5-14H,4,15H2,1-3H3. The smallest absolute Gasteiger partial charge is 0.260 e. The highest BCUT2D eigenvalue weighted by molar-refractivity contribution is 7.99. The maximum Gasteiger partial charge on any atom is 0.260 e. The molecule has 0 N–H and O–H groups in total. The van der Waals surface area contributed by atoms with Crippen LogP contribution in [-0.2, 0) is 6.54 Å². The summed E-state index contributed by atoms with van der Waals surface area (Å²) in [6.07, 6.45) is 1.72. The fourth-order valence-corrected chi connectivity index (χ4v) is 5.02. The number of carbonyl (C=O) groups excluding carboxylic acids is 1. The number of thioether (sulfide) groups is 1. The van der Waals surface area contributed by atoms with Gasteiger partial charge in [-0.1, -0.05) is 24.3 Å². The number of ether oxygens (including phenoxy) is 2. The Morgan fingerprint density at radius 2 is 1.78 bits per heavy atom. The van der Waals surface area contributed by atoms with Gasteiger partial charge in [-0.2, -0.15) is 0 Å². The zero-order valence-corrected chi connectivity index (χ0v) is 19.7. The monoisotopic (exact) mass is 465 g/mol. The van der Waals surface area contributed by atoms with Crippen LogP contribution in [0, 0.1) is 0 Å². The summed E-state index contributed by atoms with van der Waals surface area (Å²) in [6, 6.07) is 17.0. The topological polar surface area (TPSA) is 64.6 Å². The zero-order valence-electron chi connectivity index (χ0n) is 18.1. The lowest BCUT2D eigenvalue weighted by Gasteiger charge is -2.19. The number of anilines is 1. The Bertz CT molecular complexity index is 1170. The SMILES string of the molecule is CCSc1ccc(C(=O)N(Cc2ccccn2)c2nc3c(OC)ccc(OC)c3s2)cc1. The number of hydrogen-bond acceptors (Lipinski definition) is 7. The Balaban J connectivity index is 1.78. The minimum Gasteiger partial charge on any atom is -0.495 e. The minimum absolute atomic E-state index is 0.138. The van der Waals surface area contributed by atoms with E-state index in [1.807, 2.05) is 54.6 Å². The number of aromatic nitrogens is 2. The van der Waals surface area contributed by atoms with Crippen molar-refractivity contribution in [2.75, 3.05) is 24.9 Å². The van der Waals surface area contributed by atoms with E-state index in [1.165, 1.54) is 11.3 Å². The molecule has 0 aliphatic carbocycles. The van der Waals surface area contributed by atoms with Gasteiger partial charge in [0.05, 0.1) is 26.5 Å². The van der Waals surface area contributed by atoms with Gasteiger partial charge in [-0.15, -0.1) is 11.8 Å². The predicted molar refractivity (Wildman–Crippen MR) is 130 cm³/mol. The van der Waals surface area contributed by atoms with Gasteiger partial charge >= 0.3 is 0 Å². The highest BCUT2D eigenvalue weighted by Crippen LogP contribution is 2.40. The number of fused-ring (bicyclic) bond motifs is 1. The van der Waals surface area contributed by atoms with Gasteiger partial charge in [-0.3, -0.25) is 14.7 Å². The number of benzene rings is 2. The van der Waals surface area contributed by atoms with Crippen LogP contribution in [0.5, 0.6) is 11.5 Å². The van der Waals surface area contributed by atoms with Gasteiger partial charge in [0, 0.05) is 16.7 Å². The van der Waals surface area contributed by atoms with Gasteiger partial charge < -0.3 is 9.47 Å². The highest BCUT2D eigenvalue weighted by atomic mass is 32.2. The van der Waals surface area contributed by atoms with Crippen molar-refractivity contribution in [3.63, 3.8) is 0 Å². The van der Waals surface area contributed by atoms with Gasteiger partial charge in [0.25, 0.3) is 5.91 Å². The Labute approximate surface area is 195 Å². The first-order valence-corrected chi connectivity index (χ1v) is 11.9. The van der Waals surface area contributed by atoms with Gasteiger partial charge in [0.1, 0.15) is 21.7 Å². The molecular formula is C24H23N3O3S2. The molecule has 164 valence electrons. The summed E-state index contributed by atoms with van der Waals surface area (Å²) < 4.78 is 11.8. The summed E-state index contributed by atoms with van der Waals surface area (Å²) >= 11 is 3.14. The van der Waals surface area contributed by atoms with Crippen LogP contribution < -0.4 is 14.4 Å². The predicted octanol–water partition coefficient (Wildman–Crippen LogP) is 5.67. The first kappa shape index (κ1) is 22.1. The van der Waals surface area contributed by atoms with Gasteiger partial charge in [-0.05, 0) is 54.3 Å². The molecule has 0 saturated carbocycles. The van der Waals surface area contributed by atoms with Crippen LogP contribution in [0.4, 0.5) is 5.13 Å². The van der Waals surface area contributed by atoms with Crippen molar-refractivity contribution in [1.29, 1.82) is 0 Å². The van der Waals surface area contributed by atoms with E-state index in [1.54, 1.807) is 37.1 Å². The maximum absolute atomic E-state index is 13.6. The highest BCUT2D eigenvalue weighted by Gasteiger charge is 2.24. The Kier molecular flexibility index (Phi) is 6.92. The average molecular weight is 466 g/mol. The summed E-state index contributed by atoms with van der Waals surface area (Å²) in [5.74, 6) is 2.17. The normalized spacial score (nSPS) is 10.8. The summed E-state index contributed by atoms with van der Waals surface area (Å²) in [5.41, 5.74) is 2.04. The quantitative estimate of drug-likeness (QED) is 0.313. The summed E-state index contributed by atoms with van der Waals surface area (Å²) in [4.78, 5) is 25.6. The van der Waals surface area contributed by atoms with Crippen molar-refractivity contribution in [3.8, 4) is 11.5 Å². The van der Waals surface area contributed by atoms with Gasteiger partial charge in [0.15, 0.2) is 5.13 Å². The number of amides is 1. The lowest BCUT2D eigenvalue weighted by atomic mass is 10.2. The average Bonchev–Trinajstić information content (AvgIpc) is 3.28. The van der Waals surface area contributed by atoms with Crippen LogP contribution in [0.15, 0.2) is 65.7 Å². The van der Waals surface area contributed by atoms with Crippen molar-refractivity contribution >= 4 is 44.4 Å². The van der Waals surface area contributed by atoms with Crippen molar-refractivity contribution < 1.29 is 14.3 Å². The number of carbonyl (C=O) groups is 1. The molecule has 8 heteroatoms. The molecule has 2 aromatic carbocycles. The van der Waals surface area contributed by atoms with E-state index in [9.17, 15) is 4.79 Å². The van der Waals surface area contributed by atoms with E-state index in [0.29, 0.717) is 34.3 Å². The summed E-state index contributed by atoms with van der Waals surface area (Å²) in [6.45, 7) is 2.41. The maximum atomic E-state index is 13.6. The molecular weight excluding hydrogens is 442 g/mol. The molecule has 0 radical (unpaired) electrons. The van der Waals surface area contributed by atoms with E-state index in [-0.39, 0.29) is 5.91 Å². The molecule has 0 fully saturated rings. The van der Waals surface area contributed by atoms with Crippen molar-refractivity contribution in [3.05, 3.63) is 72.1 Å². The van der Waals surface area contributed by atoms with E-state index in [0.717, 1.165) is 21.0 Å². The van der Waals surface area contributed by atoms with E-state index >= 15 is 0 Å². The number of hydrogen-bond donors (Lipinski definition) is 0. The van der Waals surface area contributed by atoms with Crippen LogP contribution in [0.25, 0.3) is 10.2 Å². The number of rotatable bonds is 8. The van der Waals surface area contributed by atoms with Crippen LogP contribution in [0.1, 0.15) is 23.0 Å². The second-order valence-corrected chi connectivity index (χ2v) is 9.13. The van der Waals surface area contributed by atoms with Gasteiger partial charge in [-0.25, -0.2) is 4.98 Å². The molecule has 0 aliphatic heterocycles. The number of pyridine rings is 1. The first-order valence-electron chi connectivity index (χ1n) is 10.1. The molecule has 2 heterocycles. The van der Waals surface area contributed by atoms with E-state index < -0.39 is 0 Å². The first-order chi connectivity index (χ1) is 15.6. The molecule has 2 aromatic heterocycles. The lowest BCUT2D eigenvalue weighted by Crippen LogP contribution is -2.30. The molecule has 0 atom stereocenters. The van der Waals surface area contributed by atoms with Crippen LogP contribution in [0.3, 0.4) is 0 Å². The molecule has 0 saturated heterocycles. The Morgan fingerprint density at radius 3 is 2.44 bits per heavy atom. The molecule has 0 spiro atoms. The summed E-state index contributed by atoms with van der Waals surface area (Å²) in [5, 5.41) is 0.561. The summed E-state index contributed by atoms with van der Waals surface area (Å²) in [7, 11) is 3.22. The molecule has 1 amide bonds. The van der Waals surface area contributed by atoms with Crippen molar-refractivity contribution in [2.45, 2.75) is 18.4 Å². The third kappa shape index (κ3) is 4.56. The largest absolute Gasteiger partial charge is 0.495 e. The van der Waals surface area contributed by atoms with Crippen LogP contribution in [-0.4, -0.2) is 35.8 Å². The number of nitrogens with zero attached hydrogens (tertiary/aromatic N) is 3. The zero-order chi connectivity index (χ0) is 22.5. The minimum atomic E-state index is -0.138. The number of thiazole rings is 1. The number of methoxy groups -OCH3 is 2. The molecule has 0 bridgehead atoms. The van der Waals surface area contributed by atoms with Crippen molar-refractivity contribution in [1.82, 2.24) is 9.97 Å². The molecule has 4 rings (SSSR count). The van der Waals surface area contributed by atoms with Gasteiger partial charge in [0.2, 0.25) is 0 Å². The molecule has 0 unspecified atom stereocenters. The third-order valence-electron chi connectivity index (χ3n) is 4.83. The second-order valence-electron chi connectivity index (χ2n) is 6.81. The molecule has 0 aliphatic rings. The fourth-order valence-electron chi connectivity index (χ4n) is 3.29. The van der Waals surface area contributed by atoms with Crippen LogP contribution in [0.2, 0.25) is 0 Å². The molecule has 4 aromatic rings. The fraction of sp³-hybridized carbons (Fsp3) is 0.208. The van der Waals surface area contributed by atoms with Crippen molar-refractivity contribution in [2.24, 2.45) is 0 Å². The van der Waals surface area contributed by atoms with Crippen LogP contribution >= 0.6 is 23.1 Å². The van der Waals surface area contributed by atoms with E-state index in [4.69, 9.17) is 14.5 Å². The molecule has 32 heavy (non-hydrogen) atoms. The molecule has 6 nitrogen and oxygen atoms in total. The Morgan fingerprint density at radius 1 is 1.03 bits per heavy atom. The lowest BCUT2D eigenvalue weighted by molar-refractivity contribution is 0.0984. The Hall–Kier alpha value is -3.10. The second kappa shape index (κ2) is 10.0.